The Balaban J connectivity index is 1.81. The molecule has 1 aliphatic heterocycles. The predicted octanol–water partition coefficient (Wildman–Crippen LogP) is 6.46. The maximum Gasteiger partial charge on any atom is 0.256 e. The fourth-order valence-corrected chi connectivity index (χ4v) is 5.78. The molecule has 5 nitrogen and oxygen atoms in total. The number of ether oxygens (including phenoxy) is 2. The number of anilines is 1. The maximum atomic E-state index is 13.1. The summed E-state index contributed by atoms with van der Waals surface area (Å²) < 4.78 is 11.3. The van der Waals surface area contributed by atoms with Crippen LogP contribution in [0.1, 0.15) is 57.7 Å². The number of piperidine rings is 1. The second-order valence-corrected chi connectivity index (χ2v) is 10.3. The summed E-state index contributed by atoms with van der Waals surface area (Å²) in [6.45, 7) is 8.62. The molecule has 1 N–H and O–H groups in total. The van der Waals surface area contributed by atoms with Gasteiger partial charge in [0.1, 0.15) is 16.5 Å². The van der Waals surface area contributed by atoms with Gasteiger partial charge >= 0.3 is 0 Å². The van der Waals surface area contributed by atoms with Crippen LogP contribution in [-0.4, -0.2) is 38.1 Å². The van der Waals surface area contributed by atoms with Gasteiger partial charge in [0.05, 0.1) is 20.3 Å². The highest BCUT2D eigenvalue weighted by atomic mass is 32.1. The number of likely N-dealkylation sites (tertiary alicyclic amines) is 1. The predicted molar refractivity (Wildman–Crippen MR) is 140 cm³/mol. The Kier molecular flexibility index (Phi) is 7.59. The van der Waals surface area contributed by atoms with Gasteiger partial charge in [-0.05, 0) is 75.5 Å². The van der Waals surface area contributed by atoms with Gasteiger partial charge in [0.25, 0.3) is 5.91 Å². The van der Waals surface area contributed by atoms with Gasteiger partial charge in [0.2, 0.25) is 0 Å². The molecule has 1 saturated heterocycles. The van der Waals surface area contributed by atoms with E-state index in [-0.39, 0.29) is 11.9 Å². The molecule has 0 bridgehead atoms. The molecule has 3 aromatic rings. The van der Waals surface area contributed by atoms with Crippen molar-refractivity contribution in [3.63, 3.8) is 0 Å². The number of hydrogen-bond donors (Lipinski definition) is 1. The van der Waals surface area contributed by atoms with E-state index in [2.05, 4.69) is 37.1 Å². The van der Waals surface area contributed by atoms with Crippen LogP contribution >= 0.6 is 11.3 Å². The zero-order valence-corrected chi connectivity index (χ0v) is 21.5. The number of methoxy groups -OCH3 is 2. The molecular weight excluding hydrogens is 444 g/mol. The molecule has 0 spiro atoms. The van der Waals surface area contributed by atoms with Gasteiger partial charge in [0.15, 0.2) is 0 Å². The number of benzene rings is 2. The van der Waals surface area contributed by atoms with Crippen LogP contribution < -0.4 is 14.8 Å². The van der Waals surface area contributed by atoms with Crippen LogP contribution in [0.3, 0.4) is 0 Å². The summed E-state index contributed by atoms with van der Waals surface area (Å²) in [6, 6.07) is 15.4. The normalized spacial score (nSPS) is 15.7. The van der Waals surface area contributed by atoms with Crippen LogP contribution in [0.4, 0.5) is 5.00 Å². The largest absolute Gasteiger partial charge is 0.497 e. The molecule has 180 valence electrons. The molecule has 1 unspecified atom stereocenters. The Bertz CT molecular complexity index is 1130. The molecule has 34 heavy (non-hydrogen) atoms. The standard InChI is InChI=1S/C28H34N2O3S/c1-18-13-15-30(16-14-18)26(23-12-11-22(32-4)17-24(23)33-5)25-19(2)20(3)34-28(25)29-27(31)21-9-7-6-8-10-21/h6-12,17-18,26H,13-16H2,1-5H3,(H,29,31). The highest BCUT2D eigenvalue weighted by molar-refractivity contribution is 7.16. The summed E-state index contributed by atoms with van der Waals surface area (Å²) in [7, 11) is 3.37. The van der Waals surface area contributed by atoms with Crippen LogP contribution in [0.2, 0.25) is 0 Å². The van der Waals surface area contributed by atoms with Crippen molar-refractivity contribution in [2.45, 2.75) is 39.7 Å². The van der Waals surface area contributed by atoms with Gasteiger partial charge in [-0.1, -0.05) is 25.1 Å². The summed E-state index contributed by atoms with van der Waals surface area (Å²) >= 11 is 1.65. The van der Waals surface area contributed by atoms with Gasteiger partial charge in [-0.3, -0.25) is 9.69 Å². The number of thiophene rings is 1. The number of aryl methyl sites for hydroxylation is 1. The molecule has 6 heteroatoms. The van der Waals surface area contributed by atoms with Gasteiger partial charge < -0.3 is 14.8 Å². The van der Waals surface area contributed by atoms with Crippen molar-refractivity contribution in [3.05, 3.63) is 75.7 Å². The van der Waals surface area contributed by atoms with E-state index in [1.165, 1.54) is 10.4 Å². The molecule has 1 amide bonds. The lowest BCUT2D eigenvalue weighted by atomic mass is 9.90. The zero-order valence-electron chi connectivity index (χ0n) is 20.7. The summed E-state index contributed by atoms with van der Waals surface area (Å²) in [4.78, 5) is 16.9. The highest BCUT2D eigenvalue weighted by Gasteiger charge is 2.33. The molecule has 1 fully saturated rings. The van der Waals surface area contributed by atoms with Gasteiger partial charge in [-0.15, -0.1) is 11.3 Å². The van der Waals surface area contributed by atoms with Crippen molar-refractivity contribution in [1.82, 2.24) is 4.90 Å². The number of carbonyl (C=O) groups excluding carboxylic acids is 1. The summed E-state index contributed by atoms with van der Waals surface area (Å²) in [5, 5.41) is 4.14. The number of amides is 1. The first-order valence-electron chi connectivity index (χ1n) is 11.8. The minimum atomic E-state index is -0.0872. The summed E-state index contributed by atoms with van der Waals surface area (Å²) in [5.74, 6) is 2.20. The van der Waals surface area contributed by atoms with E-state index in [0.717, 1.165) is 59.5 Å². The molecule has 1 aromatic heterocycles. The molecule has 0 aliphatic carbocycles. The smallest absolute Gasteiger partial charge is 0.256 e. The third-order valence-corrected chi connectivity index (χ3v) is 8.03. The number of hydrogen-bond acceptors (Lipinski definition) is 5. The molecule has 2 aromatic carbocycles. The molecule has 1 aliphatic rings. The van der Waals surface area contributed by atoms with Crippen molar-refractivity contribution in [2.24, 2.45) is 5.92 Å². The third kappa shape index (κ3) is 4.98. The van der Waals surface area contributed by atoms with Crippen LogP contribution in [0.25, 0.3) is 0 Å². The van der Waals surface area contributed by atoms with E-state index < -0.39 is 0 Å². The summed E-state index contributed by atoms with van der Waals surface area (Å²) in [6.07, 6.45) is 2.31. The fourth-order valence-electron chi connectivity index (χ4n) is 4.70. The lowest BCUT2D eigenvalue weighted by Crippen LogP contribution is -2.37. The second kappa shape index (κ2) is 10.6. The summed E-state index contributed by atoms with van der Waals surface area (Å²) in [5.41, 5.74) is 4.12. The Morgan fingerprint density at radius 2 is 1.76 bits per heavy atom. The zero-order chi connectivity index (χ0) is 24.2. The van der Waals surface area contributed by atoms with Crippen molar-refractivity contribution in [1.29, 1.82) is 0 Å². The number of nitrogens with zero attached hydrogens (tertiary/aromatic N) is 1. The number of carbonyl (C=O) groups is 1. The third-order valence-electron chi connectivity index (χ3n) is 6.89. The quantitative estimate of drug-likeness (QED) is 0.424. The topological polar surface area (TPSA) is 50.8 Å². The first-order chi connectivity index (χ1) is 16.4. The van der Waals surface area contributed by atoms with E-state index in [9.17, 15) is 4.79 Å². The van der Waals surface area contributed by atoms with Gasteiger partial charge in [-0.2, -0.15) is 0 Å². The van der Waals surface area contributed by atoms with Crippen LogP contribution in [-0.2, 0) is 0 Å². The Hall–Kier alpha value is -2.83. The fraction of sp³-hybridized carbons (Fsp3) is 0.393. The Morgan fingerprint density at radius 1 is 1.06 bits per heavy atom. The first-order valence-corrected chi connectivity index (χ1v) is 12.7. The van der Waals surface area contributed by atoms with Crippen LogP contribution in [0.15, 0.2) is 48.5 Å². The average Bonchev–Trinajstić information content (AvgIpc) is 3.13. The minimum Gasteiger partial charge on any atom is -0.497 e. The van der Waals surface area contributed by atoms with Crippen LogP contribution in [0, 0.1) is 19.8 Å². The van der Waals surface area contributed by atoms with Crippen molar-refractivity contribution in [3.8, 4) is 11.5 Å². The lowest BCUT2D eigenvalue weighted by molar-refractivity contribution is 0.102. The van der Waals surface area contributed by atoms with Crippen molar-refractivity contribution >= 4 is 22.2 Å². The molecular formula is C28H34N2O3S. The number of nitrogens with one attached hydrogen (secondary N) is 1. The van der Waals surface area contributed by atoms with Crippen molar-refractivity contribution in [2.75, 3.05) is 32.6 Å². The molecule has 2 heterocycles. The molecule has 0 radical (unpaired) electrons. The van der Waals surface area contributed by atoms with E-state index in [1.807, 2.05) is 42.5 Å². The molecule has 4 rings (SSSR count). The molecule has 1 atom stereocenters. The molecule has 0 saturated carbocycles. The minimum absolute atomic E-state index is 0.0237. The Labute approximate surface area is 206 Å². The monoisotopic (exact) mass is 478 g/mol. The van der Waals surface area contributed by atoms with Crippen LogP contribution in [0.5, 0.6) is 11.5 Å². The lowest BCUT2D eigenvalue weighted by Gasteiger charge is -2.38. The highest BCUT2D eigenvalue weighted by Crippen LogP contribution is 2.46. The Morgan fingerprint density at radius 3 is 2.41 bits per heavy atom. The van der Waals surface area contributed by atoms with Gasteiger partial charge in [-0.25, -0.2) is 0 Å². The second-order valence-electron chi connectivity index (χ2n) is 9.08. The number of rotatable bonds is 7. The van der Waals surface area contributed by atoms with E-state index in [1.54, 1.807) is 25.6 Å². The SMILES string of the molecule is COc1ccc(C(c2c(NC(=O)c3ccccc3)sc(C)c2C)N2CCC(C)CC2)c(OC)c1. The van der Waals surface area contributed by atoms with E-state index in [0.29, 0.717) is 5.56 Å². The van der Waals surface area contributed by atoms with E-state index >= 15 is 0 Å². The first kappa shape index (κ1) is 24.3. The van der Waals surface area contributed by atoms with E-state index in [4.69, 9.17) is 9.47 Å². The average molecular weight is 479 g/mol. The van der Waals surface area contributed by atoms with Gasteiger partial charge in [0, 0.05) is 27.6 Å². The van der Waals surface area contributed by atoms with Crippen molar-refractivity contribution < 1.29 is 14.3 Å². The maximum absolute atomic E-state index is 13.1.